The van der Waals surface area contributed by atoms with Crippen molar-refractivity contribution < 1.29 is 9.84 Å². The molecule has 3 aromatic carbocycles. The third-order valence-corrected chi connectivity index (χ3v) is 4.09. The van der Waals surface area contributed by atoms with E-state index in [4.69, 9.17) is 4.74 Å². The standard InChI is InChI=1S/C21H22O2/c1-15-8-7-11-17-12-13-18(21(2,3)22)20(19(15)17)23-14-16-9-5-4-6-10-16/h4-13,22H,14H2,1-3H3. The lowest BCUT2D eigenvalue weighted by atomic mass is 9.92. The fourth-order valence-electron chi connectivity index (χ4n) is 2.88. The Morgan fingerprint density at radius 2 is 1.65 bits per heavy atom. The summed E-state index contributed by atoms with van der Waals surface area (Å²) in [5.74, 6) is 0.775. The molecule has 0 aliphatic carbocycles. The van der Waals surface area contributed by atoms with Gasteiger partial charge in [-0.1, -0.05) is 60.7 Å². The zero-order chi connectivity index (χ0) is 16.4. The molecule has 0 aliphatic rings. The summed E-state index contributed by atoms with van der Waals surface area (Å²) in [5.41, 5.74) is 2.12. The Kier molecular flexibility index (Phi) is 4.10. The highest BCUT2D eigenvalue weighted by atomic mass is 16.5. The molecule has 0 radical (unpaired) electrons. The molecule has 2 heteroatoms. The fraction of sp³-hybridized carbons (Fsp3) is 0.238. The summed E-state index contributed by atoms with van der Waals surface area (Å²) in [6.07, 6.45) is 0. The minimum absolute atomic E-state index is 0.483. The van der Waals surface area contributed by atoms with Crippen LogP contribution in [0.25, 0.3) is 10.8 Å². The zero-order valence-electron chi connectivity index (χ0n) is 13.8. The molecule has 23 heavy (non-hydrogen) atoms. The molecule has 0 amide bonds. The monoisotopic (exact) mass is 306 g/mol. The highest BCUT2D eigenvalue weighted by molar-refractivity contribution is 5.92. The van der Waals surface area contributed by atoms with Gasteiger partial charge in [0.1, 0.15) is 12.4 Å². The van der Waals surface area contributed by atoms with Crippen LogP contribution in [-0.4, -0.2) is 5.11 Å². The second kappa shape index (κ2) is 6.05. The number of hydrogen-bond acceptors (Lipinski definition) is 2. The molecule has 0 atom stereocenters. The third kappa shape index (κ3) is 3.22. The van der Waals surface area contributed by atoms with Crippen LogP contribution in [0.4, 0.5) is 0 Å². The maximum atomic E-state index is 10.5. The van der Waals surface area contributed by atoms with E-state index in [1.807, 2.05) is 48.5 Å². The highest BCUT2D eigenvalue weighted by Gasteiger charge is 2.23. The first kappa shape index (κ1) is 15.6. The molecular weight excluding hydrogens is 284 g/mol. The molecule has 0 fully saturated rings. The molecule has 2 nitrogen and oxygen atoms in total. The van der Waals surface area contributed by atoms with Crippen LogP contribution in [-0.2, 0) is 12.2 Å². The van der Waals surface area contributed by atoms with E-state index in [1.54, 1.807) is 13.8 Å². The summed E-state index contributed by atoms with van der Waals surface area (Å²) in [5, 5.41) is 12.7. The predicted octanol–water partition coefficient (Wildman–Crippen LogP) is 4.95. The first-order chi connectivity index (χ1) is 11.0. The highest BCUT2D eigenvalue weighted by Crippen LogP contribution is 2.38. The normalized spacial score (nSPS) is 11.7. The Morgan fingerprint density at radius 3 is 2.35 bits per heavy atom. The summed E-state index contributed by atoms with van der Waals surface area (Å²) in [7, 11) is 0. The number of rotatable bonds is 4. The van der Waals surface area contributed by atoms with E-state index in [0.717, 1.165) is 33.2 Å². The van der Waals surface area contributed by atoms with Crippen molar-refractivity contribution in [3.63, 3.8) is 0 Å². The van der Waals surface area contributed by atoms with E-state index in [2.05, 4.69) is 19.1 Å². The van der Waals surface area contributed by atoms with Crippen molar-refractivity contribution in [2.45, 2.75) is 33.0 Å². The second-order valence-electron chi connectivity index (χ2n) is 6.45. The number of hydrogen-bond donors (Lipinski definition) is 1. The van der Waals surface area contributed by atoms with Gasteiger partial charge in [-0.15, -0.1) is 0 Å². The smallest absolute Gasteiger partial charge is 0.133 e. The predicted molar refractivity (Wildman–Crippen MR) is 94.7 cm³/mol. The van der Waals surface area contributed by atoms with Crippen molar-refractivity contribution in [1.29, 1.82) is 0 Å². The van der Waals surface area contributed by atoms with Gasteiger partial charge in [0.15, 0.2) is 0 Å². The number of aliphatic hydroxyl groups is 1. The maximum absolute atomic E-state index is 10.5. The van der Waals surface area contributed by atoms with Crippen LogP contribution in [0.1, 0.15) is 30.5 Å². The van der Waals surface area contributed by atoms with Crippen molar-refractivity contribution in [3.05, 3.63) is 77.4 Å². The van der Waals surface area contributed by atoms with Crippen LogP contribution in [0.3, 0.4) is 0 Å². The van der Waals surface area contributed by atoms with Gasteiger partial charge in [0, 0.05) is 10.9 Å². The van der Waals surface area contributed by atoms with Crippen molar-refractivity contribution in [2.75, 3.05) is 0 Å². The lowest BCUT2D eigenvalue weighted by molar-refractivity contribution is 0.0747. The van der Waals surface area contributed by atoms with E-state index in [0.29, 0.717) is 6.61 Å². The first-order valence-corrected chi connectivity index (χ1v) is 7.89. The van der Waals surface area contributed by atoms with Crippen LogP contribution < -0.4 is 4.74 Å². The third-order valence-electron chi connectivity index (χ3n) is 4.09. The number of fused-ring (bicyclic) bond motifs is 1. The summed E-state index contributed by atoms with van der Waals surface area (Å²) in [4.78, 5) is 0. The fourth-order valence-corrected chi connectivity index (χ4v) is 2.88. The molecule has 1 N–H and O–H groups in total. The molecule has 3 aromatic rings. The van der Waals surface area contributed by atoms with E-state index in [-0.39, 0.29) is 0 Å². The second-order valence-corrected chi connectivity index (χ2v) is 6.45. The van der Waals surface area contributed by atoms with Gasteiger partial charge in [0.25, 0.3) is 0 Å². The maximum Gasteiger partial charge on any atom is 0.133 e. The van der Waals surface area contributed by atoms with Crippen LogP contribution in [0.2, 0.25) is 0 Å². The number of ether oxygens (including phenoxy) is 1. The Labute approximate surface area is 137 Å². The Morgan fingerprint density at radius 1 is 0.913 bits per heavy atom. The summed E-state index contributed by atoms with van der Waals surface area (Å²) >= 11 is 0. The quantitative estimate of drug-likeness (QED) is 0.738. The molecule has 0 unspecified atom stereocenters. The van der Waals surface area contributed by atoms with Crippen LogP contribution in [0.5, 0.6) is 5.75 Å². The topological polar surface area (TPSA) is 29.5 Å². The van der Waals surface area contributed by atoms with E-state index in [1.165, 1.54) is 0 Å². The molecule has 0 aliphatic heterocycles. The van der Waals surface area contributed by atoms with Crippen molar-refractivity contribution in [1.82, 2.24) is 0 Å². The SMILES string of the molecule is Cc1cccc2ccc(C(C)(C)O)c(OCc3ccccc3)c12. The molecule has 118 valence electrons. The van der Waals surface area contributed by atoms with Gasteiger partial charge in [-0.3, -0.25) is 0 Å². The van der Waals surface area contributed by atoms with Gasteiger partial charge in [0.2, 0.25) is 0 Å². The van der Waals surface area contributed by atoms with Gasteiger partial charge in [-0.05, 0) is 37.3 Å². The Bertz CT molecular complexity index is 814. The van der Waals surface area contributed by atoms with Gasteiger partial charge < -0.3 is 9.84 Å². The minimum atomic E-state index is -0.956. The molecule has 0 bridgehead atoms. The van der Waals surface area contributed by atoms with E-state index >= 15 is 0 Å². The molecule has 0 saturated heterocycles. The number of benzene rings is 3. The Hall–Kier alpha value is -2.32. The lowest BCUT2D eigenvalue weighted by Gasteiger charge is -2.24. The first-order valence-electron chi connectivity index (χ1n) is 7.89. The minimum Gasteiger partial charge on any atom is -0.488 e. The average Bonchev–Trinajstić information content (AvgIpc) is 2.52. The van der Waals surface area contributed by atoms with Crippen molar-refractivity contribution >= 4 is 10.8 Å². The molecule has 0 heterocycles. The summed E-state index contributed by atoms with van der Waals surface area (Å²) in [6, 6.07) is 20.3. The van der Waals surface area contributed by atoms with Crippen molar-refractivity contribution in [2.24, 2.45) is 0 Å². The molecule has 3 rings (SSSR count). The lowest BCUT2D eigenvalue weighted by Crippen LogP contribution is -2.17. The van der Waals surface area contributed by atoms with Gasteiger partial charge >= 0.3 is 0 Å². The molecule has 0 spiro atoms. The average molecular weight is 306 g/mol. The summed E-state index contributed by atoms with van der Waals surface area (Å²) < 4.78 is 6.18. The zero-order valence-corrected chi connectivity index (χ0v) is 13.8. The summed E-state index contributed by atoms with van der Waals surface area (Å²) in [6.45, 7) is 6.15. The van der Waals surface area contributed by atoms with Crippen LogP contribution in [0.15, 0.2) is 60.7 Å². The molecule has 0 aromatic heterocycles. The molecule has 0 saturated carbocycles. The van der Waals surface area contributed by atoms with E-state index in [9.17, 15) is 5.11 Å². The van der Waals surface area contributed by atoms with Crippen LogP contribution in [0, 0.1) is 6.92 Å². The molecular formula is C21H22O2. The number of aryl methyl sites for hydroxylation is 1. The van der Waals surface area contributed by atoms with Crippen LogP contribution >= 0.6 is 0 Å². The Balaban J connectivity index is 2.11. The van der Waals surface area contributed by atoms with E-state index < -0.39 is 5.60 Å². The van der Waals surface area contributed by atoms with Gasteiger partial charge in [-0.2, -0.15) is 0 Å². The largest absolute Gasteiger partial charge is 0.488 e. The van der Waals surface area contributed by atoms with Crippen molar-refractivity contribution in [3.8, 4) is 5.75 Å². The van der Waals surface area contributed by atoms with Gasteiger partial charge in [0.05, 0.1) is 5.60 Å². The van der Waals surface area contributed by atoms with Gasteiger partial charge in [-0.25, -0.2) is 0 Å².